The third-order valence-electron chi connectivity index (χ3n) is 4.39. The third-order valence-corrected chi connectivity index (χ3v) is 5.06. The molecule has 21 heavy (non-hydrogen) atoms. The summed E-state index contributed by atoms with van der Waals surface area (Å²) in [5.74, 6) is 0.0763. The molecule has 0 saturated carbocycles. The van der Waals surface area contributed by atoms with E-state index in [1.54, 1.807) is 0 Å². The highest BCUT2D eigenvalue weighted by molar-refractivity contribution is 14.1. The van der Waals surface area contributed by atoms with Gasteiger partial charge in [-0.3, -0.25) is 9.69 Å². The summed E-state index contributed by atoms with van der Waals surface area (Å²) < 4.78 is 1.19. The van der Waals surface area contributed by atoms with Crippen molar-refractivity contribution in [2.75, 3.05) is 32.0 Å². The first-order valence-electron chi connectivity index (χ1n) is 7.39. The van der Waals surface area contributed by atoms with Crippen LogP contribution in [0, 0.1) is 10.5 Å². The topological polar surface area (TPSA) is 44.4 Å². The Hall–Kier alpha value is -0.660. The van der Waals surface area contributed by atoms with Crippen LogP contribution in [-0.2, 0) is 4.79 Å². The van der Waals surface area contributed by atoms with Gasteiger partial charge in [0.25, 0.3) is 0 Å². The van der Waals surface area contributed by atoms with Crippen molar-refractivity contribution >= 4 is 34.2 Å². The van der Waals surface area contributed by atoms with Crippen molar-refractivity contribution in [3.63, 3.8) is 0 Å². The highest BCUT2D eigenvalue weighted by Crippen LogP contribution is 2.21. The van der Waals surface area contributed by atoms with Crippen LogP contribution in [0.5, 0.6) is 0 Å². The van der Waals surface area contributed by atoms with E-state index >= 15 is 0 Å². The Labute approximate surface area is 140 Å². The van der Waals surface area contributed by atoms with Gasteiger partial charge in [0.2, 0.25) is 5.91 Å². The van der Waals surface area contributed by atoms with Crippen molar-refractivity contribution < 1.29 is 4.79 Å². The van der Waals surface area contributed by atoms with Crippen LogP contribution >= 0.6 is 22.6 Å². The first-order valence-corrected chi connectivity index (χ1v) is 8.47. The zero-order chi connectivity index (χ0) is 15.5. The monoisotopic (exact) mass is 401 g/mol. The SMILES string of the molecule is CNC1(C)CCN(CC(=O)Nc2ccc(I)cc2C)CC1. The lowest BCUT2D eigenvalue weighted by Gasteiger charge is -2.39. The second kappa shape index (κ2) is 7.07. The minimum absolute atomic E-state index is 0.0763. The number of hydrogen-bond acceptors (Lipinski definition) is 3. The van der Waals surface area contributed by atoms with Gasteiger partial charge in [-0.25, -0.2) is 0 Å². The molecule has 1 heterocycles. The van der Waals surface area contributed by atoms with Crippen LogP contribution < -0.4 is 10.6 Å². The number of anilines is 1. The van der Waals surface area contributed by atoms with Crippen molar-refractivity contribution in [1.29, 1.82) is 0 Å². The summed E-state index contributed by atoms with van der Waals surface area (Å²) >= 11 is 2.28. The first kappa shape index (κ1) is 16.7. The minimum Gasteiger partial charge on any atom is -0.325 e. The van der Waals surface area contributed by atoms with Gasteiger partial charge in [-0.2, -0.15) is 0 Å². The molecule has 1 aliphatic rings. The second-order valence-electron chi connectivity index (χ2n) is 6.09. The Morgan fingerprint density at radius 3 is 2.62 bits per heavy atom. The van der Waals surface area contributed by atoms with Crippen molar-refractivity contribution in [3.8, 4) is 0 Å². The van der Waals surface area contributed by atoms with E-state index in [9.17, 15) is 4.79 Å². The van der Waals surface area contributed by atoms with Crippen LogP contribution in [0.1, 0.15) is 25.3 Å². The molecule has 2 N–H and O–H groups in total. The van der Waals surface area contributed by atoms with Gasteiger partial charge in [-0.1, -0.05) is 0 Å². The van der Waals surface area contributed by atoms with Crippen LogP contribution in [0.2, 0.25) is 0 Å². The minimum atomic E-state index is 0.0763. The molecule has 1 aromatic rings. The molecule has 0 aliphatic carbocycles. The summed E-state index contributed by atoms with van der Waals surface area (Å²) in [5, 5.41) is 6.40. The molecule has 2 rings (SSSR count). The lowest BCUT2D eigenvalue weighted by Crippen LogP contribution is -2.51. The van der Waals surface area contributed by atoms with Gasteiger partial charge in [0, 0.05) is 27.9 Å². The first-order chi connectivity index (χ1) is 9.92. The van der Waals surface area contributed by atoms with Crippen LogP contribution in [0.25, 0.3) is 0 Å². The Balaban J connectivity index is 1.85. The highest BCUT2D eigenvalue weighted by atomic mass is 127. The van der Waals surface area contributed by atoms with E-state index in [0.29, 0.717) is 6.54 Å². The molecule has 1 amide bonds. The number of halogens is 1. The normalized spacial score (nSPS) is 18.5. The quantitative estimate of drug-likeness (QED) is 0.763. The molecule has 5 heteroatoms. The largest absolute Gasteiger partial charge is 0.325 e. The van der Waals surface area contributed by atoms with Crippen LogP contribution in [0.4, 0.5) is 5.69 Å². The van der Waals surface area contributed by atoms with E-state index in [1.807, 2.05) is 26.1 Å². The van der Waals surface area contributed by atoms with Gasteiger partial charge in [-0.15, -0.1) is 0 Å². The van der Waals surface area contributed by atoms with Crippen LogP contribution in [0.3, 0.4) is 0 Å². The van der Waals surface area contributed by atoms with Gasteiger partial charge >= 0.3 is 0 Å². The number of carbonyl (C=O) groups is 1. The average molecular weight is 401 g/mol. The number of carbonyl (C=O) groups excluding carboxylic acids is 1. The standard InChI is InChI=1S/C16H24IN3O/c1-12-10-13(17)4-5-14(12)19-15(21)11-20-8-6-16(2,18-3)7-9-20/h4-5,10,18H,6-9,11H2,1-3H3,(H,19,21). The zero-order valence-corrected chi connectivity index (χ0v) is 15.2. The molecule has 0 atom stereocenters. The predicted molar refractivity (Wildman–Crippen MR) is 95.7 cm³/mol. The number of benzene rings is 1. The maximum atomic E-state index is 12.2. The number of nitrogens with one attached hydrogen (secondary N) is 2. The maximum Gasteiger partial charge on any atom is 0.238 e. The Bertz CT molecular complexity index is 510. The number of piperidine rings is 1. The van der Waals surface area contributed by atoms with E-state index < -0.39 is 0 Å². The zero-order valence-electron chi connectivity index (χ0n) is 13.0. The Morgan fingerprint density at radius 2 is 2.05 bits per heavy atom. The van der Waals surface area contributed by atoms with Crippen LogP contribution in [-0.4, -0.2) is 43.0 Å². The average Bonchev–Trinajstić information content (AvgIpc) is 2.45. The number of rotatable bonds is 4. The number of hydrogen-bond donors (Lipinski definition) is 2. The molecule has 0 bridgehead atoms. The molecule has 1 saturated heterocycles. The maximum absolute atomic E-state index is 12.2. The van der Waals surface area contributed by atoms with Crippen molar-refractivity contribution in [3.05, 3.63) is 27.3 Å². The molecule has 1 aromatic carbocycles. The highest BCUT2D eigenvalue weighted by Gasteiger charge is 2.28. The van der Waals surface area contributed by atoms with Crippen molar-refractivity contribution in [1.82, 2.24) is 10.2 Å². The number of nitrogens with zero attached hydrogens (tertiary/aromatic N) is 1. The molecule has 1 aliphatic heterocycles. The van der Waals surface area contributed by atoms with E-state index in [0.717, 1.165) is 37.2 Å². The summed E-state index contributed by atoms with van der Waals surface area (Å²) in [4.78, 5) is 14.4. The molecule has 1 fully saturated rings. The fourth-order valence-corrected chi connectivity index (χ4v) is 3.26. The van der Waals surface area contributed by atoms with Gasteiger partial charge < -0.3 is 10.6 Å². The summed E-state index contributed by atoms with van der Waals surface area (Å²) in [7, 11) is 2.02. The molecule has 0 unspecified atom stereocenters. The fraction of sp³-hybridized carbons (Fsp3) is 0.562. The molecular weight excluding hydrogens is 377 g/mol. The molecule has 0 spiro atoms. The van der Waals surface area contributed by atoms with Gasteiger partial charge in [0.1, 0.15) is 0 Å². The van der Waals surface area contributed by atoms with Gasteiger partial charge in [-0.05, 0) is 80.1 Å². The molecule has 4 nitrogen and oxygen atoms in total. The lowest BCUT2D eigenvalue weighted by atomic mass is 9.90. The fourth-order valence-electron chi connectivity index (χ4n) is 2.61. The van der Waals surface area contributed by atoms with Crippen molar-refractivity contribution in [2.24, 2.45) is 0 Å². The predicted octanol–water partition coefficient (Wildman–Crippen LogP) is 2.61. The van der Waals surface area contributed by atoms with Crippen molar-refractivity contribution in [2.45, 2.75) is 32.2 Å². The second-order valence-corrected chi connectivity index (χ2v) is 7.34. The summed E-state index contributed by atoms with van der Waals surface area (Å²) in [5.41, 5.74) is 2.24. The summed E-state index contributed by atoms with van der Waals surface area (Å²) in [6.45, 7) is 6.69. The number of aryl methyl sites for hydroxylation is 1. The Kier molecular flexibility index (Phi) is 5.62. The summed E-state index contributed by atoms with van der Waals surface area (Å²) in [6, 6.07) is 6.07. The van der Waals surface area contributed by atoms with E-state index in [1.165, 1.54) is 3.57 Å². The molecular formula is C16H24IN3O. The lowest BCUT2D eigenvalue weighted by molar-refractivity contribution is -0.117. The molecule has 0 aromatic heterocycles. The van der Waals surface area contributed by atoms with Gasteiger partial charge in [0.05, 0.1) is 6.54 Å². The molecule has 0 radical (unpaired) electrons. The summed E-state index contributed by atoms with van der Waals surface area (Å²) in [6.07, 6.45) is 2.17. The molecule has 116 valence electrons. The van der Waals surface area contributed by atoms with E-state index in [2.05, 4.69) is 51.1 Å². The van der Waals surface area contributed by atoms with Gasteiger partial charge in [0.15, 0.2) is 0 Å². The number of likely N-dealkylation sites (tertiary alicyclic amines) is 1. The third kappa shape index (κ3) is 4.66. The smallest absolute Gasteiger partial charge is 0.238 e. The van der Waals surface area contributed by atoms with E-state index in [-0.39, 0.29) is 11.4 Å². The Morgan fingerprint density at radius 1 is 1.38 bits per heavy atom. The number of amides is 1. The van der Waals surface area contributed by atoms with E-state index in [4.69, 9.17) is 0 Å². The van der Waals surface area contributed by atoms with Crippen LogP contribution in [0.15, 0.2) is 18.2 Å².